The summed E-state index contributed by atoms with van der Waals surface area (Å²) in [5.74, 6) is -0.167. The number of hydrogen-bond donors (Lipinski definition) is 1. The van der Waals surface area contributed by atoms with Crippen LogP contribution in [-0.2, 0) is 11.2 Å². The van der Waals surface area contributed by atoms with Crippen LogP contribution >= 0.6 is 34.8 Å². The second-order valence-electron chi connectivity index (χ2n) is 5.60. The lowest BCUT2D eigenvalue weighted by Crippen LogP contribution is -2.37. The first-order chi connectivity index (χ1) is 11.0. The van der Waals surface area contributed by atoms with Gasteiger partial charge in [0, 0.05) is 16.8 Å². The van der Waals surface area contributed by atoms with Crippen molar-refractivity contribution in [2.45, 2.75) is 19.4 Å². The molecule has 0 bridgehead atoms. The maximum Gasteiger partial charge on any atom is 0.243 e. The van der Waals surface area contributed by atoms with Gasteiger partial charge in [0.05, 0.1) is 22.3 Å². The highest BCUT2D eigenvalue weighted by molar-refractivity contribution is 6.42. The summed E-state index contributed by atoms with van der Waals surface area (Å²) in [7, 11) is 0. The molecule has 1 aliphatic heterocycles. The van der Waals surface area contributed by atoms with Crippen molar-refractivity contribution in [1.82, 2.24) is 0 Å². The lowest BCUT2D eigenvalue weighted by atomic mass is 10.1. The molecule has 2 aromatic carbocycles. The molecule has 3 rings (SSSR count). The summed E-state index contributed by atoms with van der Waals surface area (Å²) < 4.78 is 0. The maximum atomic E-state index is 12.4. The monoisotopic (exact) mass is 368 g/mol. The van der Waals surface area contributed by atoms with E-state index in [0.717, 1.165) is 12.1 Å². The van der Waals surface area contributed by atoms with Crippen molar-refractivity contribution in [3.05, 3.63) is 57.0 Å². The Kier molecular flexibility index (Phi) is 4.72. The average molecular weight is 370 g/mol. The zero-order valence-corrected chi connectivity index (χ0v) is 14.7. The first-order valence-corrected chi connectivity index (χ1v) is 8.38. The van der Waals surface area contributed by atoms with Crippen molar-refractivity contribution < 1.29 is 4.79 Å². The summed E-state index contributed by atoms with van der Waals surface area (Å²) in [6.07, 6.45) is 0.936. The van der Waals surface area contributed by atoms with Gasteiger partial charge in [-0.05, 0) is 37.1 Å². The van der Waals surface area contributed by atoms with Gasteiger partial charge in [-0.25, -0.2) is 0 Å². The number of carbonyl (C=O) groups is 1. The molecule has 0 saturated heterocycles. The van der Waals surface area contributed by atoms with Gasteiger partial charge < -0.3 is 10.2 Å². The molecular formula is C17H15Cl3N2O. The predicted molar refractivity (Wildman–Crippen MR) is 97.1 cm³/mol. The molecule has 1 amide bonds. The molecule has 1 aliphatic rings. The maximum absolute atomic E-state index is 12.4. The molecule has 0 radical (unpaired) electrons. The van der Waals surface area contributed by atoms with E-state index < -0.39 is 0 Å². The fourth-order valence-electron chi connectivity index (χ4n) is 2.87. The number of anilines is 2. The summed E-state index contributed by atoms with van der Waals surface area (Å²) in [6, 6.07) is 11.5. The van der Waals surface area contributed by atoms with Gasteiger partial charge in [-0.2, -0.15) is 0 Å². The van der Waals surface area contributed by atoms with E-state index in [1.54, 1.807) is 12.1 Å². The summed E-state index contributed by atoms with van der Waals surface area (Å²) in [5.41, 5.74) is 2.75. The number of fused-ring (bicyclic) bond motifs is 1. The first kappa shape index (κ1) is 16.4. The molecule has 0 fully saturated rings. The van der Waals surface area contributed by atoms with Crippen LogP contribution in [0.2, 0.25) is 15.1 Å². The van der Waals surface area contributed by atoms with Gasteiger partial charge in [0.25, 0.3) is 0 Å². The minimum atomic E-state index is -0.167. The highest BCUT2D eigenvalue weighted by Crippen LogP contribution is 2.34. The molecule has 0 aliphatic carbocycles. The molecule has 1 heterocycles. The Morgan fingerprint density at radius 1 is 1.22 bits per heavy atom. The van der Waals surface area contributed by atoms with Gasteiger partial charge in [-0.1, -0.05) is 53.0 Å². The quantitative estimate of drug-likeness (QED) is 0.822. The minimum Gasteiger partial charge on any atom is -0.359 e. The SMILES string of the molecule is C[C@H]1Cc2ccccc2N1CC(=O)Nc1c(Cl)cc(Cl)cc1Cl. The van der Waals surface area contributed by atoms with E-state index in [1.165, 1.54) is 5.56 Å². The second-order valence-corrected chi connectivity index (χ2v) is 6.85. The van der Waals surface area contributed by atoms with Gasteiger partial charge in [0.15, 0.2) is 0 Å². The highest BCUT2D eigenvalue weighted by atomic mass is 35.5. The molecule has 1 atom stereocenters. The zero-order chi connectivity index (χ0) is 16.6. The number of para-hydroxylation sites is 1. The number of halogens is 3. The molecule has 6 heteroatoms. The van der Waals surface area contributed by atoms with Crippen LogP contribution in [0, 0.1) is 0 Å². The van der Waals surface area contributed by atoms with Crippen molar-refractivity contribution in [3.63, 3.8) is 0 Å². The normalized spacial score (nSPS) is 16.3. The summed E-state index contributed by atoms with van der Waals surface area (Å²) in [6.45, 7) is 2.35. The lowest BCUT2D eigenvalue weighted by Gasteiger charge is -2.24. The highest BCUT2D eigenvalue weighted by Gasteiger charge is 2.27. The van der Waals surface area contributed by atoms with E-state index in [0.29, 0.717) is 20.8 Å². The van der Waals surface area contributed by atoms with E-state index >= 15 is 0 Å². The van der Waals surface area contributed by atoms with Gasteiger partial charge in [0.2, 0.25) is 5.91 Å². The van der Waals surface area contributed by atoms with Crippen molar-refractivity contribution in [2.75, 3.05) is 16.8 Å². The van der Waals surface area contributed by atoms with E-state index in [4.69, 9.17) is 34.8 Å². The van der Waals surface area contributed by atoms with Crippen LogP contribution in [0.15, 0.2) is 36.4 Å². The average Bonchev–Trinajstić information content (AvgIpc) is 2.79. The molecule has 0 saturated carbocycles. The van der Waals surface area contributed by atoms with Crippen LogP contribution < -0.4 is 10.2 Å². The Morgan fingerprint density at radius 3 is 2.57 bits per heavy atom. The molecule has 0 spiro atoms. The molecule has 0 aromatic heterocycles. The standard InChI is InChI=1S/C17H15Cl3N2O/c1-10-6-11-4-2-3-5-15(11)22(10)9-16(23)21-17-13(19)7-12(18)8-14(17)20/h2-5,7-8,10H,6,9H2,1H3,(H,21,23)/t10-/m0/s1. The van der Waals surface area contributed by atoms with Gasteiger partial charge in [0.1, 0.15) is 0 Å². The first-order valence-electron chi connectivity index (χ1n) is 7.24. The Bertz CT molecular complexity index is 740. The molecule has 1 N–H and O–H groups in total. The number of nitrogens with one attached hydrogen (secondary N) is 1. The number of nitrogens with zero attached hydrogens (tertiary/aromatic N) is 1. The van der Waals surface area contributed by atoms with Crippen LogP contribution in [-0.4, -0.2) is 18.5 Å². The third kappa shape index (κ3) is 3.42. The zero-order valence-electron chi connectivity index (χ0n) is 12.4. The predicted octanol–water partition coefficient (Wildman–Crippen LogP) is 5.04. The van der Waals surface area contributed by atoms with Crippen molar-refractivity contribution in [3.8, 4) is 0 Å². The van der Waals surface area contributed by atoms with E-state index in [1.807, 2.05) is 18.2 Å². The van der Waals surface area contributed by atoms with Crippen molar-refractivity contribution in [1.29, 1.82) is 0 Å². The third-order valence-corrected chi connectivity index (χ3v) is 4.75. The second kappa shape index (κ2) is 6.60. The Balaban J connectivity index is 1.76. The summed E-state index contributed by atoms with van der Waals surface area (Å²) in [4.78, 5) is 14.5. The summed E-state index contributed by atoms with van der Waals surface area (Å²) >= 11 is 18.1. The van der Waals surface area contributed by atoms with Crippen LogP contribution in [0.3, 0.4) is 0 Å². The Labute approximate surface area is 150 Å². The smallest absolute Gasteiger partial charge is 0.243 e. The molecule has 3 nitrogen and oxygen atoms in total. The molecule has 120 valence electrons. The Hall–Kier alpha value is -1.42. The van der Waals surface area contributed by atoms with Crippen LogP contribution in [0.5, 0.6) is 0 Å². The number of amides is 1. The number of rotatable bonds is 3. The topological polar surface area (TPSA) is 32.3 Å². The molecular weight excluding hydrogens is 355 g/mol. The van der Waals surface area contributed by atoms with Crippen LogP contribution in [0.25, 0.3) is 0 Å². The van der Waals surface area contributed by atoms with Gasteiger partial charge >= 0.3 is 0 Å². The minimum absolute atomic E-state index is 0.167. The molecule has 2 aromatic rings. The van der Waals surface area contributed by atoms with E-state index in [9.17, 15) is 4.79 Å². The fourth-order valence-corrected chi connectivity index (χ4v) is 3.78. The van der Waals surface area contributed by atoms with Crippen molar-refractivity contribution in [2.24, 2.45) is 0 Å². The number of carbonyl (C=O) groups excluding carboxylic acids is 1. The van der Waals surface area contributed by atoms with Crippen LogP contribution in [0.4, 0.5) is 11.4 Å². The van der Waals surface area contributed by atoms with Gasteiger partial charge in [-0.15, -0.1) is 0 Å². The van der Waals surface area contributed by atoms with Gasteiger partial charge in [-0.3, -0.25) is 4.79 Å². The number of hydrogen-bond acceptors (Lipinski definition) is 2. The third-order valence-electron chi connectivity index (χ3n) is 3.93. The fraction of sp³-hybridized carbons (Fsp3) is 0.235. The van der Waals surface area contributed by atoms with E-state index in [2.05, 4.69) is 23.2 Å². The van der Waals surface area contributed by atoms with Crippen molar-refractivity contribution >= 4 is 52.1 Å². The largest absolute Gasteiger partial charge is 0.359 e. The molecule has 23 heavy (non-hydrogen) atoms. The lowest BCUT2D eigenvalue weighted by molar-refractivity contribution is -0.115. The van der Waals surface area contributed by atoms with E-state index in [-0.39, 0.29) is 18.5 Å². The molecule has 0 unspecified atom stereocenters. The van der Waals surface area contributed by atoms with Crippen LogP contribution in [0.1, 0.15) is 12.5 Å². The Morgan fingerprint density at radius 2 is 1.87 bits per heavy atom. The summed E-state index contributed by atoms with van der Waals surface area (Å²) in [5, 5.41) is 3.86. The number of benzene rings is 2.